The van der Waals surface area contributed by atoms with E-state index in [1.807, 2.05) is 30.3 Å². The van der Waals surface area contributed by atoms with Gasteiger partial charge in [-0.25, -0.2) is 0 Å². The van der Waals surface area contributed by atoms with Crippen LogP contribution in [0.4, 0.5) is 0 Å². The van der Waals surface area contributed by atoms with Crippen LogP contribution in [0.2, 0.25) is 0 Å². The van der Waals surface area contributed by atoms with E-state index in [0.717, 1.165) is 44.5 Å². The van der Waals surface area contributed by atoms with Crippen LogP contribution < -0.4 is 5.46 Å². The number of hydrogen-bond acceptors (Lipinski definition) is 2. The molecule has 5 aromatic carbocycles. The van der Waals surface area contributed by atoms with E-state index in [-0.39, 0.29) is 0 Å². The van der Waals surface area contributed by atoms with Gasteiger partial charge in [0.25, 0.3) is 0 Å². The summed E-state index contributed by atoms with van der Waals surface area (Å²) in [4.78, 5) is 0. The Labute approximate surface area is 194 Å². The maximum atomic E-state index is 9.57. The van der Waals surface area contributed by atoms with E-state index in [0.29, 0.717) is 5.46 Å². The summed E-state index contributed by atoms with van der Waals surface area (Å²) in [6, 6.07) is 43.2. The van der Waals surface area contributed by atoms with E-state index in [2.05, 4.69) is 84.9 Å². The summed E-state index contributed by atoms with van der Waals surface area (Å²) >= 11 is 0. The minimum absolute atomic E-state index is 0.474. The first-order chi connectivity index (χ1) is 16.2. The van der Waals surface area contributed by atoms with Gasteiger partial charge in [0, 0.05) is 0 Å². The van der Waals surface area contributed by atoms with Crippen molar-refractivity contribution in [3.05, 3.63) is 127 Å². The molecule has 2 nitrogen and oxygen atoms in total. The predicted octanol–water partition coefficient (Wildman–Crippen LogP) is 6.03. The van der Waals surface area contributed by atoms with E-state index >= 15 is 0 Å². The van der Waals surface area contributed by atoms with Gasteiger partial charge in [-0.05, 0) is 62.1 Å². The van der Waals surface area contributed by atoms with Gasteiger partial charge in [-0.1, -0.05) is 115 Å². The van der Waals surface area contributed by atoms with Crippen LogP contribution in [0.1, 0.15) is 0 Å². The second-order valence-corrected chi connectivity index (χ2v) is 8.04. The summed E-state index contributed by atoms with van der Waals surface area (Å²) in [5.41, 5.74) is 9.46. The average molecular weight is 426 g/mol. The van der Waals surface area contributed by atoms with E-state index < -0.39 is 7.12 Å². The van der Waals surface area contributed by atoms with Crippen molar-refractivity contribution >= 4 is 12.6 Å². The molecule has 0 saturated carbocycles. The maximum absolute atomic E-state index is 9.57. The molecular weight excluding hydrogens is 403 g/mol. The monoisotopic (exact) mass is 426 g/mol. The van der Waals surface area contributed by atoms with Gasteiger partial charge in [0.15, 0.2) is 0 Å². The van der Waals surface area contributed by atoms with Crippen LogP contribution in [-0.4, -0.2) is 17.2 Å². The molecule has 0 unspecified atom stereocenters. The first-order valence-electron chi connectivity index (χ1n) is 11.0. The zero-order valence-corrected chi connectivity index (χ0v) is 18.1. The SMILES string of the molecule is OB(O)c1ccc(-c2c(-c3ccccc3)cc(-c3ccccc3)cc2-c2ccccc2)cc1. The molecule has 0 aromatic heterocycles. The number of hydrogen-bond donors (Lipinski definition) is 2. The van der Waals surface area contributed by atoms with Crippen LogP contribution in [0, 0.1) is 0 Å². The summed E-state index contributed by atoms with van der Waals surface area (Å²) in [7, 11) is -1.48. The molecule has 0 bridgehead atoms. The first-order valence-corrected chi connectivity index (χ1v) is 11.0. The smallest absolute Gasteiger partial charge is 0.423 e. The van der Waals surface area contributed by atoms with Crippen LogP contribution in [-0.2, 0) is 0 Å². The van der Waals surface area contributed by atoms with Crippen LogP contribution >= 0.6 is 0 Å². The van der Waals surface area contributed by atoms with Crippen molar-refractivity contribution in [1.29, 1.82) is 0 Å². The summed E-state index contributed by atoms with van der Waals surface area (Å²) in [6.07, 6.45) is 0. The predicted molar refractivity (Wildman–Crippen MR) is 138 cm³/mol. The minimum atomic E-state index is -1.48. The largest absolute Gasteiger partial charge is 0.488 e. The van der Waals surface area contributed by atoms with Gasteiger partial charge >= 0.3 is 7.12 Å². The Morgan fingerprint density at radius 3 is 1.24 bits per heavy atom. The molecule has 33 heavy (non-hydrogen) atoms. The van der Waals surface area contributed by atoms with Crippen molar-refractivity contribution in [3.8, 4) is 44.5 Å². The van der Waals surface area contributed by atoms with Gasteiger partial charge in [-0.15, -0.1) is 0 Å². The lowest BCUT2D eigenvalue weighted by atomic mass is 9.78. The molecule has 0 saturated heterocycles. The molecule has 0 aliphatic carbocycles. The normalized spacial score (nSPS) is 10.7. The highest BCUT2D eigenvalue weighted by atomic mass is 16.4. The van der Waals surface area contributed by atoms with Gasteiger partial charge in [0.2, 0.25) is 0 Å². The van der Waals surface area contributed by atoms with E-state index in [4.69, 9.17) is 0 Å². The lowest BCUT2D eigenvalue weighted by Crippen LogP contribution is -2.29. The Kier molecular flexibility index (Phi) is 5.90. The van der Waals surface area contributed by atoms with Gasteiger partial charge in [-0.2, -0.15) is 0 Å². The second kappa shape index (κ2) is 9.29. The summed E-state index contributed by atoms with van der Waals surface area (Å²) < 4.78 is 0. The molecule has 0 atom stereocenters. The Hall–Kier alpha value is -3.92. The van der Waals surface area contributed by atoms with Crippen molar-refractivity contribution in [2.24, 2.45) is 0 Å². The van der Waals surface area contributed by atoms with Crippen LogP contribution in [0.5, 0.6) is 0 Å². The molecule has 3 heteroatoms. The van der Waals surface area contributed by atoms with E-state index in [1.54, 1.807) is 12.1 Å². The molecule has 2 N–H and O–H groups in total. The highest BCUT2D eigenvalue weighted by Gasteiger charge is 2.18. The lowest BCUT2D eigenvalue weighted by Gasteiger charge is -2.19. The van der Waals surface area contributed by atoms with Crippen LogP contribution in [0.25, 0.3) is 44.5 Å². The van der Waals surface area contributed by atoms with E-state index in [1.165, 1.54) is 0 Å². The summed E-state index contributed by atoms with van der Waals surface area (Å²) in [5, 5.41) is 19.1. The second-order valence-electron chi connectivity index (χ2n) is 8.04. The molecule has 5 rings (SSSR count). The molecule has 0 amide bonds. The molecule has 0 aliphatic heterocycles. The molecular formula is C30H23BO2. The fourth-order valence-electron chi connectivity index (χ4n) is 4.26. The fourth-order valence-corrected chi connectivity index (χ4v) is 4.26. The third kappa shape index (κ3) is 4.38. The molecule has 158 valence electrons. The third-order valence-corrected chi connectivity index (χ3v) is 5.91. The van der Waals surface area contributed by atoms with E-state index in [9.17, 15) is 10.0 Å². The fraction of sp³-hybridized carbons (Fsp3) is 0. The molecule has 0 heterocycles. The molecule has 0 fully saturated rings. The minimum Gasteiger partial charge on any atom is -0.423 e. The summed E-state index contributed by atoms with van der Waals surface area (Å²) in [6.45, 7) is 0. The first kappa shape index (κ1) is 21.0. The maximum Gasteiger partial charge on any atom is 0.488 e. The standard InChI is InChI=1S/C30H23BO2/c32-31(33)27-18-16-25(17-19-27)30-28(23-12-6-2-7-13-23)20-26(22-10-4-1-5-11-22)21-29(30)24-14-8-3-9-15-24/h1-21,32-33H. The Balaban J connectivity index is 1.83. The lowest BCUT2D eigenvalue weighted by molar-refractivity contribution is 0.426. The van der Waals surface area contributed by atoms with Crippen LogP contribution in [0.3, 0.4) is 0 Å². The Morgan fingerprint density at radius 2 is 0.818 bits per heavy atom. The molecule has 5 aromatic rings. The molecule has 0 radical (unpaired) electrons. The van der Waals surface area contributed by atoms with Crippen molar-refractivity contribution in [2.45, 2.75) is 0 Å². The van der Waals surface area contributed by atoms with Crippen molar-refractivity contribution in [3.63, 3.8) is 0 Å². The van der Waals surface area contributed by atoms with Gasteiger partial charge in [0.1, 0.15) is 0 Å². The Bertz CT molecular complexity index is 1290. The zero-order chi connectivity index (χ0) is 22.6. The van der Waals surface area contributed by atoms with Gasteiger partial charge in [-0.3, -0.25) is 0 Å². The molecule has 0 spiro atoms. The zero-order valence-electron chi connectivity index (χ0n) is 18.1. The number of benzene rings is 5. The highest BCUT2D eigenvalue weighted by Crippen LogP contribution is 2.43. The third-order valence-electron chi connectivity index (χ3n) is 5.91. The Morgan fingerprint density at radius 1 is 0.394 bits per heavy atom. The topological polar surface area (TPSA) is 40.5 Å². The van der Waals surface area contributed by atoms with Crippen molar-refractivity contribution in [2.75, 3.05) is 0 Å². The van der Waals surface area contributed by atoms with Crippen LogP contribution in [0.15, 0.2) is 127 Å². The quantitative estimate of drug-likeness (QED) is 0.337. The van der Waals surface area contributed by atoms with Gasteiger partial charge < -0.3 is 10.0 Å². The van der Waals surface area contributed by atoms with Crippen molar-refractivity contribution < 1.29 is 10.0 Å². The molecule has 0 aliphatic rings. The summed E-state index contributed by atoms with van der Waals surface area (Å²) in [5.74, 6) is 0. The average Bonchev–Trinajstić information content (AvgIpc) is 2.89. The highest BCUT2D eigenvalue weighted by molar-refractivity contribution is 6.58. The number of rotatable bonds is 5. The van der Waals surface area contributed by atoms with Crippen molar-refractivity contribution in [1.82, 2.24) is 0 Å². The van der Waals surface area contributed by atoms with Gasteiger partial charge in [0.05, 0.1) is 0 Å².